The Morgan fingerprint density at radius 3 is 2.39 bits per heavy atom. The number of nitrogens with zero attached hydrogens (tertiary/aromatic N) is 1. The number of carbonyl (C=O) groups is 1. The highest BCUT2D eigenvalue weighted by Gasteiger charge is 2.29. The number of rotatable bonds is 11. The first-order valence-electron chi connectivity index (χ1n) is 11.6. The topological polar surface area (TPSA) is 91.3 Å². The summed E-state index contributed by atoms with van der Waals surface area (Å²) >= 11 is 0. The Balaban J connectivity index is 1.60. The highest BCUT2D eigenvalue weighted by Crippen LogP contribution is 2.23. The van der Waals surface area contributed by atoms with E-state index in [1.54, 1.807) is 0 Å². The Hall–Kier alpha value is -2.61. The van der Waals surface area contributed by atoms with Gasteiger partial charge in [0, 0.05) is 19.6 Å². The van der Waals surface area contributed by atoms with Crippen molar-refractivity contribution in [1.29, 1.82) is 0 Å². The minimum Gasteiger partial charge on any atom is -0.493 e. The summed E-state index contributed by atoms with van der Waals surface area (Å²) in [5.41, 5.74) is 1.85. The first kappa shape index (κ1) is 25.0. The van der Waals surface area contributed by atoms with Crippen LogP contribution in [0.4, 0.5) is 0 Å². The monoisotopic (exact) mass is 456 g/mol. The van der Waals surface area contributed by atoms with Crippen LogP contribution in [0, 0.1) is 6.92 Å². The van der Waals surface area contributed by atoms with E-state index in [9.17, 15) is 15.0 Å². The molecule has 1 fully saturated rings. The first-order chi connectivity index (χ1) is 15.8. The molecule has 2 aromatic rings. The highest BCUT2D eigenvalue weighted by molar-refractivity contribution is 5.76. The van der Waals surface area contributed by atoms with Gasteiger partial charge in [0.2, 0.25) is 5.91 Å². The second-order valence-corrected chi connectivity index (χ2v) is 8.97. The Kier molecular flexibility index (Phi) is 9.11. The number of aliphatic hydroxyl groups excluding tert-OH is 2. The minimum atomic E-state index is -0.891. The van der Waals surface area contributed by atoms with Gasteiger partial charge in [-0.2, -0.15) is 0 Å². The van der Waals surface area contributed by atoms with Gasteiger partial charge in [0.1, 0.15) is 17.6 Å². The van der Waals surface area contributed by atoms with Crippen LogP contribution in [-0.4, -0.2) is 65.5 Å². The van der Waals surface area contributed by atoms with Crippen LogP contribution in [0.15, 0.2) is 48.5 Å². The van der Waals surface area contributed by atoms with Gasteiger partial charge < -0.3 is 25.0 Å². The van der Waals surface area contributed by atoms with Gasteiger partial charge in [0.15, 0.2) is 0 Å². The van der Waals surface area contributed by atoms with Gasteiger partial charge in [-0.05, 0) is 57.0 Å². The number of hydrogen-bond acceptors (Lipinski definition) is 6. The van der Waals surface area contributed by atoms with E-state index in [-0.39, 0.29) is 31.1 Å². The van der Waals surface area contributed by atoms with E-state index in [1.165, 1.54) is 0 Å². The quantitative estimate of drug-likeness (QED) is 0.482. The number of amides is 1. The van der Waals surface area contributed by atoms with Crippen molar-refractivity contribution in [1.82, 2.24) is 10.2 Å². The van der Waals surface area contributed by atoms with Crippen molar-refractivity contribution in [3.8, 4) is 11.5 Å². The van der Waals surface area contributed by atoms with Gasteiger partial charge in [0.05, 0.1) is 31.3 Å². The molecule has 7 nitrogen and oxygen atoms in total. The van der Waals surface area contributed by atoms with Gasteiger partial charge >= 0.3 is 0 Å². The van der Waals surface area contributed by atoms with Gasteiger partial charge in [0.25, 0.3) is 0 Å². The smallest absolute Gasteiger partial charge is 0.223 e. The zero-order valence-electron chi connectivity index (χ0n) is 19.7. The van der Waals surface area contributed by atoms with Crippen molar-refractivity contribution in [2.75, 3.05) is 26.2 Å². The fraction of sp³-hybridized carbons (Fsp3) is 0.500. The number of ether oxygens (including phenoxy) is 2. The number of benzene rings is 2. The third-order valence-corrected chi connectivity index (χ3v) is 5.64. The van der Waals surface area contributed by atoms with E-state index >= 15 is 0 Å². The lowest BCUT2D eigenvalue weighted by Crippen LogP contribution is -2.47. The lowest BCUT2D eigenvalue weighted by atomic mass is 10.0. The van der Waals surface area contributed by atoms with E-state index in [0.29, 0.717) is 25.1 Å². The normalized spacial score (nSPS) is 18.2. The summed E-state index contributed by atoms with van der Waals surface area (Å²) in [4.78, 5) is 14.7. The second-order valence-electron chi connectivity index (χ2n) is 8.97. The molecule has 1 heterocycles. The van der Waals surface area contributed by atoms with E-state index in [1.807, 2.05) is 69.3 Å². The molecule has 1 aliphatic heterocycles. The van der Waals surface area contributed by atoms with Crippen molar-refractivity contribution in [3.63, 3.8) is 0 Å². The summed E-state index contributed by atoms with van der Waals surface area (Å²) in [6.07, 6.45) is -0.313. The van der Waals surface area contributed by atoms with Crippen molar-refractivity contribution in [2.24, 2.45) is 0 Å². The molecule has 0 aromatic heterocycles. The summed E-state index contributed by atoms with van der Waals surface area (Å²) in [6.45, 7) is 7.90. The van der Waals surface area contributed by atoms with Gasteiger partial charge in [-0.15, -0.1) is 0 Å². The summed E-state index contributed by atoms with van der Waals surface area (Å²) in [6, 6.07) is 14.5. The number of β-amino-alcohol motifs (C(OH)–C–C–N with tert-alkyl or cyclic N) is 1. The van der Waals surface area contributed by atoms with Crippen molar-refractivity contribution in [2.45, 2.75) is 58.0 Å². The second kappa shape index (κ2) is 12.0. The first-order valence-corrected chi connectivity index (χ1v) is 11.6. The molecule has 1 amide bonds. The van der Waals surface area contributed by atoms with Gasteiger partial charge in [-0.25, -0.2) is 0 Å². The summed E-state index contributed by atoms with van der Waals surface area (Å²) in [5.74, 6) is 1.27. The molecule has 0 saturated carbocycles. The van der Waals surface area contributed by atoms with Crippen molar-refractivity contribution >= 4 is 5.91 Å². The van der Waals surface area contributed by atoms with Crippen molar-refractivity contribution in [3.05, 3.63) is 59.7 Å². The van der Waals surface area contributed by atoms with Crippen LogP contribution < -0.4 is 14.8 Å². The lowest BCUT2D eigenvalue weighted by molar-refractivity contribution is -0.123. The predicted octanol–water partition coefficient (Wildman–Crippen LogP) is 2.84. The fourth-order valence-corrected chi connectivity index (χ4v) is 3.90. The van der Waals surface area contributed by atoms with E-state index in [4.69, 9.17) is 9.47 Å². The molecule has 3 N–H and O–H groups in total. The molecule has 3 rings (SSSR count). The predicted molar refractivity (Wildman–Crippen MR) is 127 cm³/mol. The SMILES string of the molecule is Cc1ccc(OCCC(=O)N[C@H](CN2CC[C@H](O)C2)[C@H](O)c2ccc(OC(C)C)cc2)cc1. The van der Waals surface area contributed by atoms with E-state index in [0.717, 1.165) is 23.6 Å². The zero-order valence-corrected chi connectivity index (χ0v) is 19.7. The molecule has 1 aliphatic rings. The molecular weight excluding hydrogens is 420 g/mol. The highest BCUT2D eigenvalue weighted by atomic mass is 16.5. The number of aliphatic hydroxyl groups is 2. The third-order valence-electron chi connectivity index (χ3n) is 5.64. The summed E-state index contributed by atoms with van der Waals surface area (Å²) in [7, 11) is 0. The van der Waals surface area contributed by atoms with Gasteiger partial charge in [-0.1, -0.05) is 29.8 Å². The van der Waals surface area contributed by atoms with Crippen molar-refractivity contribution < 1.29 is 24.5 Å². The maximum absolute atomic E-state index is 12.7. The molecular formula is C26H36N2O5. The maximum atomic E-state index is 12.7. The molecule has 3 atom stereocenters. The molecule has 0 unspecified atom stereocenters. The number of hydrogen-bond donors (Lipinski definition) is 3. The largest absolute Gasteiger partial charge is 0.493 e. The average Bonchev–Trinajstić information content (AvgIpc) is 3.19. The van der Waals surface area contributed by atoms with Crippen LogP contribution in [0.25, 0.3) is 0 Å². The molecule has 0 radical (unpaired) electrons. The molecule has 1 saturated heterocycles. The molecule has 7 heteroatoms. The van der Waals surface area contributed by atoms with Crippen LogP contribution in [0.1, 0.15) is 43.9 Å². The number of nitrogens with one attached hydrogen (secondary N) is 1. The van der Waals surface area contributed by atoms with E-state index in [2.05, 4.69) is 10.2 Å². The summed E-state index contributed by atoms with van der Waals surface area (Å²) in [5, 5.41) is 23.9. The Labute approximate surface area is 196 Å². The number of aryl methyl sites for hydroxylation is 1. The van der Waals surface area contributed by atoms with Crippen LogP contribution >= 0.6 is 0 Å². The van der Waals surface area contributed by atoms with E-state index < -0.39 is 12.1 Å². The average molecular weight is 457 g/mol. The Morgan fingerprint density at radius 2 is 1.79 bits per heavy atom. The molecule has 33 heavy (non-hydrogen) atoms. The minimum absolute atomic E-state index is 0.0662. The molecule has 0 aliphatic carbocycles. The molecule has 0 spiro atoms. The number of carbonyl (C=O) groups excluding carboxylic acids is 1. The summed E-state index contributed by atoms with van der Waals surface area (Å²) < 4.78 is 11.3. The zero-order chi connectivity index (χ0) is 23.8. The molecule has 180 valence electrons. The molecule has 0 bridgehead atoms. The Morgan fingerprint density at radius 1 is 1.12 bits per heavy atom. The lowest BCUT2D eigenvalue weighted by Gasteiger charge is -2.29. The van der Waals surface area contributed by atoms with Crippen LogP contribution in [0.2, 0.25) is 0 Å². The number of likely N-dealkylation sites (tertiary alicyclic amines) is 1. The standard InChI is InChI=1S/C26H36N2O5/c1-18(2)33-23-10-6-20(7-11-23)26(31)24(17-28-14-12-21(29)16-28)27-25(30)13-15-32-22-8-4-19(3)5-9-22/h4-11,18,21,24,26,29,31H,12-17H2,1-3H3,(H,27,30)/t21-,24+,26+/m0/s1. The third kappa shape index (κ3) is 8.03. The van der Waals surface area contributed by atoms with Crippen LogP contribution in [0.5, 0.6) is 11.5 Å². The fourth-order valence-electron chi connectivity index (χ4n) is 3.90. The maximum Gasteiger partial charge on any atom is 0.223 e. The Bertz CT molecular complexity index is 869. The van der Waals surface area contributed by atoms with Crippen LogP contribution in [-0.2, 0) is 4.79 Å². The van der Waals surface area contributed by atoms with Crippen LogP contribution in [0.3, 0.4) is 0 Å². The molecule has 2 aromatic carbocycles. The van der Waals surface area contributed by atoms with Gasteiger partial charge in [-0.3, -0.25) is 9.69 Å².